The number of H-pyrrole nitrogens is 1. The number of aromatic nitrogens is 1. The summed E-state index contributed by atoms with van der Waals surface area (Å²) in [6.07, 6.45) is 1.15. The molecule has 1 fully saturated rings. The van der Waals surface area contributed by atoms with Crippen molar-refractivity contribution in [3.05, 3.63) is 45.7 Å². The molecule has 24 heavy (non-hydrogen) atoms. The molecule has 0 radical (unpaired) electrons. The highest BCUT2D eigenvalue weighted by molar-refractivity contribution is 5.79. The molecule has 1 unspecified atom stereocenters. The maximum atomic E-state index is 12.4. The Morgan fingerprint density at radius 3 is 2.75 bits per heavy atom. The van der Waals surface area contributed by atoms with Crippen molar-refractivity contribution < 1.29 is 0 Å². The molecule has 0 aliphatic carbocycles. The van der Waals surface area contributed by atoms with Gasteiger partial charge >= 0.3 is 0 Å². The van der Waals surface area contributed by atoms with Gasteiger partial charge in [0.15, 0.2) is 0 Å². The van der Waals surface area contributed by atoms with Crippen molar-refractivity contribution in [3.8, 4) is 0 Å². The van der Waals surface area contributed by atoms with Gasteiger partial charge < -0.3 is 4.98 Å². The number of piperazine rings is 1. The van der Waals surface area contributed by atoms with Gasteiger partial charge in [0.25, 0.3) is 5.56 Å². The lowest BCUT2D eigenvalue weighted by Crippen LogP contribution is -2.54. The fourth-order valence-corrected chi connectivity index (χ4v) is 3.85. The van der Waals surface area contributed by atoms with E-state index in [0.29, 0.717) is 12.1 Å². The second-order valence-corrected chi connectivity index (χ2v) is 7.34. The molecule has 1 aliphatic rings. The van der Waals surface area contributed by atoms with Crippen LogP contribution in [0, 0.1) is 6.92 Å². The van der Waals surface area contributed by atoms with Crippen molar-refractivity contribution in [1.82, 2.24) is 14.8 Å². The molecule has 2 aromatic rings. The van der Waals surface area contributed by atoms with Gasteiger partial charge in [-0.05, 0) is 50.8 Å². The molecule has 0 saturated carbocycles. The number of hydrogen-bond donors (Lipinski definition) is 1. The highest BCUT2D eigenvalue weighted by Crippen LogP contribution is 2.18. The van der Waals surface area contributed by atoms with E-state index in [1.54, 1.807) is 0 Å². The van der Waals surface area contributed by atoms with Crippen LogP contribution in [0.25, 0.3) is 10.9 Å². The fourth-order valence-electron chi connectivity index (χ4n) is 3.85. The lowest BCUT2D eigenvalue weighted by molar-refractivity contribution is 0.0455. The van der Waals surface area contributed by atoms with Gasteiger partial charge in [-0.2, -0.15) is 0 Å². The van der Waals surface area contributed by atoms with Crippen LogP contribution in [0.15, 0.2) is 29.1 Å². The molecule has 4 nitrogen and oxygen atoms in total. The quantitative estimate of drug-likeness (QED) is 0.938. The van der Waals surface area contributed by atoms with E-state index in [1.807, 2.05) is 12.1 Å². The zero-order valence-corrected chi connectivity index (χ0v) is 15.3. The van der Waals surface area contributed by atoms with Crippen LogP contribution in [0.2, 0.25) is 0 Å². The standard InChI is InChI=1S/C20H29N3O/c1-5-18-13-22(8-9-23(18)14(2)3)12-17-11-16-10-15(4)6-7-19(16)21-20(17)24/h6-7,10-11,14,18H,5,8-9,12-13H2,1-4H3,(H,21,24). The third-order valence-corrected chi connectivity index (χ3v) is 5.22. The van der Waals surface area contributed by atoms with E-state index in [2.05, 4.69) is 54.6 Å². The molecule has 1 aromatic heterocycles. The minimum Gasteiger partial charge on any atom is -0.322 e. The van der Waals surface area contributed by atoms with Crippen LogP contribution >= 0.6 is 0 Å². The molecule has 1 saturated heterocycles. The summed E-state index contributed by atoms with van der Waals surface area (Å²) in [5.41, 5.74) is 3.06. The Morgan fingerprint density at radius 2 is 2.04 bits per heavy atom. The third kappa shape index (κ3) is 3.55. The summed E-state index contributed by atoms with van der Waals surface area (Å²) in [6, 6.07) is 9.40. The van der Waals surface area contributed by atoms with E-state index >= 15 is 0 Å². The molecular formula is C20H29N3O. The molecule has 130 valence electrons. The molecule has 2 heterocycles. The van der Waals surface area contributed by atoms with Crippen LogP contribution in [0.4, 0.5) is 0 Å². The Balaban J connectivity index is 1.80. The van der Waals surface area contributed by atoms with E-state index in [4.69, 9.17) is 0 Å². The summed E-state index contributed by atoms with van der Waals surface area (Å²) in [5.74, 6) is 0. The van der Waals surface area contributed by atoms with E-state index in [9.17, 15) is 4.79 Å². The Kier molecular flexibility index (Phi) is 5.07. The van der Waals surface area contributed by atoms with E-state index in [0.717, 1.165) is 49.1 Å². The minimum atomic E-state index is 0.0469. The molecule has 0 amide bonds. The van der Waals surface area contributed by atoms with Gasteiger partial charge in [-0.25, -0.2) is 0 Å². The van der Waals surface area contributed by atoms with Gasteiger partial charge in [0.2, 0.25) is 0 Å². The number of nitrogens with zero attached hydrogens (tertiary/aromatic N) is 2. The van der Waals surface area contributed by atoms with E-state index < -0.39 is 0 Å². The molecule has 0 bridgehead atoms. The Hall–Kier alpha value is -1.65. The number of benzene rings is 1. The van der Waals surface area contributed by atoms with Crippen molar-refractivity contribution in [1.29, 1.82) is 0 Å². The van der Waals surface area contributed by atoms with Gasteiger partial charge in [0, 0.05) is 49.3 Å². The second kappa shape index (κ2) is 7.08. The maximum Gasteiger partial charge on any atom is 0.252 e. The van der Waals surface area contributed by atoms with E-state index in [-0.39, 0.29) is 5.56 Å². The first-order valence-corrected chi connectivity index (χ1v) is 9.08. The summed E-state index contributed by atoms with van der Waals surface area (Å²) < 4.78 is 0. The largest absolute Gasteiger partial charge is 0.322 e. The lowest BCUT2D eigenvalue weighted by atomic mass is 10.1. The molecule has 1 aliphatic heterocycles. The Morgan fingerprint density at radius 1 is 1.25 bits per heavy atom. The van der Waals surface area contributed by atoms with Crippen LogP contribution in [0.5, 0.6) is 0 Å². The molecular weight excluding hydrogens is 298 g/mol. The predicted octanol–water partition coefficient (Wildman–Crippen LogP) is 3.14. The lowest BCUT2D eigenvalue weighted by Gasteiger charge is -2.43. The highest BCUT2D eigenvalue weighted by atomic mass is 16.1. The van der Waals surface area contributed by atoms with Crippen LogP contribution < -0.4 is 5.56 Å². The molecule has 3 rings (SSSR count). The van der Waals surface area contributed by atoms with Crippen LogP contribution in [-0.4, -0.2) is 46.5 Å². The van der Waals surface area contributed by atoms with E-state index in [1.165, 1.54) is 5.56 Å². The normalized spacial score (nSPS) is 20.1. The maximum absolute atomic E-state index is 12.4. The zero-order chi connectivity index (χ0) is 17.3. The minimum absolute atomic E-state index is 0.0469. The topological polar surface area (TPSA) is 39.3 Å². The SMILES string of the molecule is CCC1CN(Cc2cc3cc(C)ccc3[nH]c2=O)CCN1C(C)C. The monoisotopic (exact) mass is 327 g/mol. The van der Waals surface area contributed by atoms with Gasteiger partial charge in [-0.15, -0.1) is 0 Å². The molecule has 0 spiro atoms. The zero-order valence-electron chi connectivity index (χ0n) is 15.3. The summed E-state index contributed by atoms with van der Waals surface area (Å²) in [4.78, 5) is 20.5. The van der Waals surface area contributed by atoms with Gasteiger partial charge in [-0.1, -0.05) is 18.6 Å². The van der Waals surface area contributed by atoms with Crippen molar-refractivity contribution in [2.24, 2.45) is 0 Å². The fraction of sp³-hybridized carbons (Fsp3) is 0.550. The first-order valence-electron chi connectivity index (χ1n) is 9.08. The molecule has 4 heteroatoms. The van der Waals surface area contributed by atoms with Crippen LogP contribution in [0.1, 0.15) is 38.3 Å². The van der Waals surface area contributed by atoms with Crippen LogP contribution in [-0.2, 0) is 6.54 Å². The van der Waals surface area contributed by atoms with Crippen molar-refractivity contribution >= 4 is 10.9 Å². The first kappa shape index (κ1) is 17.2. The number of rotatable bonds is 4. The highest BCUT2D eigenvalue weighted by Gasteiger charge is 2.27. The average molecular weight is 327 g/mol. The third-order valence-electron chi connectivity index (χ3n) is 5.22. The number of nitrogens with one attached hydrogen (secondary N) is 1. The average Bonchev–Trinajstić information content (AvgIpc) is 2.55. The van der Waals surface area contributed by atoms with Gasteiger partial charge in [-0.3, -0.25) is 14.6 Å². The van der Waals surface area contributed by atoms with Crippen LogP contribution in [0.3, 0.4) is 0 Å². The Bertz CT molecular complexity index is 765. The summed E-state index contributed by atoms with van der Waals surface area (Å²) in [6.45, 7) is 12.8. The number of aryl methyl sites for hydroxylation is 1. The van der Waals surface area contributed by atoms with Crippen molar-refractivity contribution in [3.63, 3.8) is 0 Å². The smallest absolute Gasteiger partial charge is 0.252 e. The van der Waals surface area contributed by atoms with Gasteiger partial charge in [0.1, 0.15) is 0 Å². The molecule has 1 N–H and O–H groups in total. The van der Waals surface area contributed by atoms with Crippen molar-refractivity contribution in [2.75, 3.05) is 19.6 Å². The summed E-state index contributed by atoms with van der Waals surface area (Å²) >= 11 is 0. The second-order valence-electron chi connectivity index (χ2n) is 7.34. The number of pyridine rings is 1. The summed E-state index contributed by atoms with van der Waals surface area (Å²) in [7, 11) is 0. The molecule has 1 atom stereocenters. The number of hydrogen-bond acceptors (Lipinski definition) is 3. The van der Waals surface area contributed by atoms with Gasteiger partial charge in [0.05, 0.1) is 0 Å². The predicted molar refractivity (Wildman–Crippen MR) is 101 cm³/mol. The molecule has 1 aromatic carbocycles. The number of aromatic amines is 1. The summed E-state index contributed by atoms with van der Waals surface area (Å²) in [5, 5.41) is 1.12. The van der Waals surface area contributed by atoms with Crippen molar-refractivity contribution in [2.45, 2.75) is 52.7 Å². The Labute approximate surface area is 144 Å². The first-order chi connectivity index (χ1) is 11.5. The number of fused-ring (bicyclic) bond motifs is 1.